The molecule has 3 atom stereocenters. The monoisotopic (exact) mass is 359 g/mol. The first-order valence-electron chi connectivity index (χ1n) is 9.15. The molecule has 1 N–H and O–H groups in total. The van der Waals surface area contributed by atoms with Gasteiger partial charge in [-0.1, -0.05) is 27.7 Å². The lowest BCUT2D eigenvalue weighted by atomic mass is 10.0. The largest absolute Gasteiger partial charge is 0.458 e. The van der Waals surface area contributed by atoms with E-state index in [0.717, 1.165) is 6.42 Å². The maximum Gasteiger partial charge on any atom is 0.408 e. The molecule has 0 rings (SSSR count). The number of ether oxygens (including phenoxy) is 3. The molecule has 0 aliphatic carbocycles. The lowest BCUT2D eigenvalue weighted by Gasteiger charge is -2.29. The number of hydrogen-bond donors (Lipinski definition) is 1. The molecule has 25 heavy (non-hydrogen) atoms. The van der Waals surface area contributed by atoms with E-state index in [0.29, 0.717) is 12.5 Å². The Morgan fingerprint density at radius 3 is 2.00 bits per heavy atom. The molecule has 0 aliphatic heterocycles. The second kappa shape index (κ2) is 10.6. The van der Waals surface area contributed by atoms with Gasteiger partial charge in [0.2, 0.25) is 0 Å². The Morgan fingerprint density at radius 2 is 1.56 bits per heavy atom. The normalized spacial score (nSPS) is 15.6. The lowest BCUT2D eigenvalue weighted by molar-refractivity contribution is -0.163. The van der Waals surface area contributed by atoms with Gasteiger partial charge in [0.25, 0.3) is 0 Å². The van der Waals surface area contributed by atoms with Gasteiger partial charge in [-0.2, -0.15) is 0 Å². The Bertz CT molecular complexity index is 415. The molecule has 0 aromatic rings. The summed E-state index contributed by atoms with van der Waals surface area (Å²) in [6.07, 6.45) is -0.266. The van der Waals surface area contributed by atoms with Crippen molar-refractivity contribution in [1.82, 2.24) is 5.32 Å². The summed E-state index contributed by atoms with van der Waals surface area (Å²) in [5, 5.41) is 2.50. The molecular weight excluding hydrogens is 322 g/mol. The summed E-state index contributed by atoms with van der Waals surface area (Å²) in [5.74, 6) is 0.167. The molecule has 0 saturated heterocycles. The van der Waals surface area contributed by atoms with Crippen molar-refractivity contribution in [2.75, 3.05) is 6.61 Å². The molecule has 0 bridgehead atoms. The molecule has 0 aliphatic rings. The van der Waals surface area contributed by atoms with Crippen molar-refractivity contribution < 1.29 is 23.8 Å². The van der Waals surface area contributed by atoms with E-state index < -0.39 is 23.7 Å². The third-order valence-electron chi connectivity index (χ3n) is 3.53. The number of alkyl carbamates (subject to hydrolysis) is 1. The molecule has 0 fully saturated rings. The highest BCUT2D eigenvalue weighted by Crippen LogP contribution is 2.16. The van der Waals surface area contributed by atoms with Crippen LogP contribution in [0.25, 0.3) is 0 Å². The van der Waals surface area contributed by atoms with E-state index in [1.165, 1.54) is 0 Å². The van der Waals surface area contributed by atoms with Crippen LogP contribution >= 0.6 is 0 Å². The van der Waals surface area contributed by atoms with Crippen LogP contribution in [0.4, 0.5) is 4.79 Å². The minimum absolute atomic E-state index is 0.103. The fourth-order valence-electron chi connectivity index (χ4n) is 2.14. The van der Waals surface area contributed by atoms with Crippen molar-refractivity contribution in [1.29, 1.82) is 0 Å². The number of nitrogens with one attached hydrogen (secondary N) is 1. The number of carbonyl (C=O) groups excluding carboxylic acids is 2. The second-order valence-electron chi connectivity index (χ2n) is 8.27. The molecule has 0 aromatic heterocycles. The molecule has 6 nitrogen and oxygen atoms in total. The first-order valence-corrected chi connectivity index (χ1v) is 9.15. The first kappa shape index (κ1) is 23.7. The zero-order valence-electron chi connectivity index (χ0n) is 17.3. The molecule has 148 valence electrons. The molecule has 0 aromatic carbocycles. The van der Waals surface area contributed by atoms with Crippen molar-refractivity contribution in [3.05, 3.63) is 0 Å². The van der Waals surface area contributed by atoms with Crippen LogP contribution in [-0.2, 0) is 19.0 Å². The van der Waals surface area contributed by atoms with Gasteiger partial charge in [-0.05, 0) is 52.9 Å². The van der Waals surface area contributed by atoms with Crippen LogP contribution in [0.3, 0.4) is 0 Å². The van der Waals surface area contributed by atoms with Gasteiger partial charge in [0, 0.05) is 6.61 Å². The van der Waals surface area contributed by atoms with Gasteiger partial charge in [0.1, 0.15) is 17.7 Å². The van der Waals surface area contributed by atoms with Crippen molar-refractivity contribution in [2.45, 2.75) is 92.6 Å². The van der Waals surface area contributed by atoms with E-state index in [2.05, 4.69) is 19.2 Å². The van der Waals surface area contributed by atoms with Crippen LogP contribution in [0, 0.1) is 11.8 Å². The van der Waals surface area contributed by atoms with Crippen molar-refractivity contribution in [2.24, 2.45) is 11.8 Å². The Balaban J connectivity index is 4.59. The van der Waals surface area contributed by atoms with Gasteiger partial charge in [0.15, 0.2) is 0 Å². The predicted octanol–water partition coefficient (Wildman–Crippen LogP) is 3.92. The number of amides is 1. The van der Waals surface area contributed by atoms with Gasteiger partial charge >= 0.3 is 12.1 Å². The zero-order chi connectivity index (χ0) is 19.8. The van der Waals surface area contributed by atoms with Crippen LogP contribution in [0.15, 0.2) is 0 Å². The Labute approximate surface area is 153 Å². The average Bonchev–Trinajstić information content (AvgIpc) is 2.40. The van der Waals surface area contributed by atoms with E-state index in [4.69, 9.17) is 14.2 Å². The van der Waals surface area contributed by atoms with Gasteiger partial charge < -0.3 is 19.5 Å². The summed E-state index contributed by atoms with van der Waals surface area (Å²) in [6, 6.07) is -0.793. The maximum atomic E-state index is 12.3. The smallest absolute Gasteiger partial charge is 0.408 e. The zero-order valence-corrected chi connectivity index (χ0v) is 17.3. The maximum absolute atomic E-state index is 12.3. The Kier molecular flexibility index (Phi) is 10.1. The summed E-state index contributed by atoms with van der Waals surface area (Å²) in [5.41, 5.74) is -0.618. The topological polar surface area (TPSA) is 73.9 Å². The minimum atomic E-state index is -0.793. The third-order valence-corrected chi connectivity index (χ3v) is 3.53. The van der Waals surface area contributed by atoms with Crippen molar-refractivity contribution >= 4 is 12.1 Å². The molecule has 0 spiro atoms. The highest BCUT2D eigenvalue weighted by atomic mass is 16.6. The predicted molar refractivity (Wildman–Crippen MR) is 98.4 cm³/mol. The summed E-state index contributed by atoms with van der Waals surface area (Å²) in [4.78, 5) is 24.1. The lowest BCUT2D eigenvalue weighted by Crippen LogP contribution is -2.45. The third kappa shape index (κ3) is 11.0. The summed E-state index contributed by atoms with van der Waals surface area (Å²) in [7, 11) is 0. The summed E-state index contributed by atoms with van der Waals surface area (Å²) in [6.45, 7) is 17.6. The van der Waals surface area contributed by atoms with E-state index in [9.17, 15) is 9.59 Å². The quantitative estimate of drug-likeness (QED) is 0.632. The van der Waals surface area contributed by atoms with Gasteiger partial charge in [-0.15, -0.1) is 0 Å². The SMILES string of the molecule is CC(C)CCO[C@@H](C)[C@H](OC(=O)[C@H](C)NC(=O)OC(C)(C)C)C(C)C. The molecule has 0 unspecified atom stereocenters. The highest BCUT2D eigenvalue weighted by molar-refractivity contribution is 5.81. The van der Waals surface area contributed by atoms with Crippen LogP contribution < -0.4 is 5.32 Å². The number of esters is 1. The second-order valence-corrected chi connectivity index (χ2v) is 8.27. The van der Waals surface area contributed by atoms with E-state index >= 15 is 0 Å². The number of rotatable bonds is 9. The average molecular weight is 360 g/mol. The van der Waals surface area contributed by atoms with Crippen LogP contribution in [0.1, 0.15) is 68.7 Å². The molecule has 0 radical (unpaired) electrons. The molecule has 0 saturated carbocycles. The van der Waals surface area contributed by atoms with Crippen LogP contribution in [0.5, 0.6) is 0 Å². The van der Waals surface area contributed by atoms with Gasteiger partial charge in [-0.3, -0.25) is 0 Å². The summed E-state index contributed by atoms with van der Waals surface area (Å²) >= 11 is 0. The first-order chi connectivity index (χ1) is 11.3. The van der Waals surface area contributed by atoms with Crippen molar-refractivity contribution in [3.63, 3.8) is 0 Å². The minimum Gasteiger partial charge on any atom is -0.458 e. The Hall–Kier alpha value is -1.30. The Morgan fingerprint density at radius 1 is 1.00 bits per heavy atom. The van der Waals surface area contributed by atoms with E-state index in [1.807, 2.05) is 20.8 Å². The standard InChI is InChI=1S/C19H37NO5/c1-12(2)10-11-23-15(6)16(13(3)4)24-17(21)14(5)20-18(22)25-19(7,8)9/h12-16H,10-11H2,1-9H3,(H,20,22)/t14-,15-,16+/m0/s1. The van der Waals surface area contributed by atoms with Crippen molar-refractivity contribution in [3.8, 4) is 0 Å². The highest BCUT2D eigenvalue weighted by Gasteiger charge is 2.29. The molecule has 6 heteroatoms. The van der Waals surface area contributed by atoms with Gasteiger partial charge in [0.05, 0.1) is 6.10 Å². The molecular formula is C19H37NO5. The van der Waals surface area contributed by atoms with E-state index in [1.54, 1.807) is 27.7 Å². The fourth-order valence-corrected chi connectivity index (χ4v) is 2.14. The van der Waals surface area contributed by atoms with Gasteiger partial charge in [-0.25, -0.2) is 9.59 Å². The van der Waals surface area contributed by atoms with E-state index in [-0.39, 0.29) is 18.1 Å². The molecule has 0 heterocycles. The molecule has 1 amide bonds. The van der Waals surface area contributed by atoms with Crippen LogP contribution in [-0.4, -0.2) is 42.5 Å². The van der Waals surface area contributed by atoms with Crippen LogP contribution in [0.2, 0.25) is 0 Å². The summed E-state index contributed by atoms with van der Waals surface area (Å²) < 4.78 is 16.6. The number of carbonyl (C=O) groups is 2. The fraction of sp³-hybridized carbons (Fsp3) is 0.895. The number of hydrogen-bond acceptors (Lipinski definition) is 5.